The summed E-state index contributed by atoms with van der Waals surface area (Å²) in [5.74, 6) is 0. The van der Waals surface area contributed by atoms with Gasteiger partial charge in [-0.3, -0.25) is 0 Å². The largest absolute Gasteiger partial charge is 0.236 e. The van der Waals surface area contributed by atoms with Crippen LogP contribution >= 0.6 is 0 Å². The Bertz CT molecular complexity index is 1010. The summed E-state index contributed by atoms with van der Waals surface area (Å²) in [5.41, 5.74) is 3.36. The first-order valence-electron chi connectivity index (χ1n) is 7.74. The van der Waals surface area contributed by atoms with E-state index in [2.05, 4.69) is 73.7 Å². The molecule has 1 heteroatoms. The summed E-state index contributed by atoms with van der Waals surface area (Å²) in [6.45, 7) is 3.99. The molecule has 0 aromatic heterocycles. The molecule has 1 radical (unpaired) electrons. The van der Waals surface area contributed by atoms with Crippen molar-refractivity contribution < 1.29 is 32.7 Å². The van der Waals surface area contributed by atoms with Crippen LogP contribution in [0.15, 0.2) is 84.9 Å². The summed E-state index contributed by atoms with van der Waals surface area (Å²) in [6, 6.07) is 31.0. The van der Waals surface area contributed by atoms with E-state index < -0.39 is 0 Å². The monoisotopic (exact) mass is 381 g/mol. The Balaban J connectivity index is 0.00000169. The number of fused-ring (bicyclic) bond motifs is 2. The van der Waals surface area contributed by atoms with E-state index in [9.17, 15) is 0 Å². The van der Waals surface area contributed by atoms with Crippen molar-refractivity contribution in [2.75, 3.05) is 0 Å². The molecule has 0 atom stereocenters. The average molecular weight is 381 g/mol. The minimum absolute atomic E-state index is 0. The molecule has 4 aromatic rings. The second-order valence-electron chi connectivity index (χ2n) is 5.66. The van der Waals surface area contributed by atoms with E-state index in [1.165, 1.54) is 27.1 Å². The topological polar surface area (TPSA) is 0 Å². The Kier molecular flexibility index (Phi) is 5.19. The van der Waals surface area contributed by atoms with Crippen molar-refractivity contribution in [2.24, 2.45) is 0 Å². The number of benzene rings is 4. The van der Waals surface area contributed by atoms with Crippen molar-refractivity contribution >= 4 is 27.1 Å². The Hall–Kier alpha value is -1.89. The van der Waals surface area contributed by atoms with Crippen molar-refractivity contribution in [3.8, 4) is 0 Å². The predicted octanol–water partition coefficient (Wildman–Crippen LogP) is 6.06. The molecule has 0 bridgehead atoms. The van der Waals surface area contributed by atoms with E-state index in [-0.39, 0.29) is 32.7 Å². The zero-order chi connectivity index (χ0) is 15.6. The predicted molar refractivity (Wildman–Crippen MR) is 99.2 cm³/mol. The second-order valence-corrected chi connectivity index (χ2v) is 5.66. The first-order chi connectivity index (χ1) is 11.3. The first-order valence-corrected chi connectivity index (χ1v) is 7.74. The SMILES string of the molecule is [CH2-]/C=C(\c1[c-]cc2cc3ccccc3cc2c1)c1ccccc1.[Y]. The molecule has 0 aliphatic heterocycles. The van der Waals surface area contributed by atoms with Crippen LogP contribution in [0.2, 0.25) is 0 Å². The average Bonchev–Trinajstić information content (AvgIpc) is 2.61. The molecule has 0 fully saturated rings. The molecule has 4 aromatic carbocycles. The minimum atomic E-state index is 0. The molecular weight excluding hydrogens is 365 g/mol. The van der Waals surface area contributed by atoms with Crippen LogP contribution < -0.4 is 0 Å². The van der Waals surface area contributed by atoms with Crippen LogP contribution in [0.25, 0.3) is 27.1 Å². The molecule has 0 amide bonds. The normalized spacial score (nSPS) is 11.4. The molecule has 0 spiro atoms. The molecule has 0 saturated carbocycles. The fourth-order valence-electron chi connectivity index (χ4n) is 3.03. The van der Waals surface area contributed by atoms with Gasteiger partial charge in [-0.05, 0) is 10.8 Å². The fourth-order valence-corrected chi connectivity index (χ4v) is 3.03. The molecule has 0 nitrogen and oxygen atoms in total. The van der Waals surface area contributed by atoms with Crippen LogP contribution in [0.3, 0.4) is 0 Å². The molecule has 0 saturated heterocycles. The third-order valence-electron chi connectivity index (χ3n) is 4.21. The summed E-state index contributed by atoms with van der Waals surface area (Å²) in [4.78, 5) is 0. The first kappa shape index (κ1) is 17.0. The quantitative estimate of drug-likeness (QED) is 0.293. The third kappa shape index (κ3) is 3.17. The maximum absolute atomic E-state index is 3.99. The minimum Gasteiger partial charge on any atom is -0.236 e. The zero-order valence-corrected chi connectivity index (χ0v) is 16.2. The molecule has 0 aliphatic carbocycles. The number of allylic oxidation sites excluding steroid dienone is 1. The third-order valence-corrected chi connectivity index (χ3v) is 4.21. The Morgan fingerprint density at radius 2 is 1.38 bits per heavy atom. The summed E-state index contributed by atoms with van der Waals surface area (Å²) >= 11 is 0. The Morgan fingerprint density at radius 1 is 0.750 bits per heavy atom. The maximum Gasteiger partial charge on any atom is 0 e. The Labute approximate surface area is 168 Å². The van der Waals surface area contributed by atoms with E-state index in [1.54, 1.807) is 0 Å². The van der Waals surface area contributed by atoms with Crippen LogP contribution in [0, 0.1) is 13.0 Å². The molecule has 113 valence electrons. The van der Waals surface area contributed by atoms with Crippen LogP contribution in [0.4, 0.5) is 0 Å². The summed E-state index contributed by atoms with van der Waals surface area (Å²) in [5, 5.41) is 4.96. The van der Waals surface area contributed by atoms with Gasteiger partial charge in [0.05, 0.1) is 0 Å². The fraction of sp³-hybridized carbons (Fsp3) is 0. The van der Waals surface area contributed by atoms with E-state index in [4.69, 9.17) is 0 Å². The van der Waals surface area contributed by atoms with Gasteiger partial charge in [0.2, 0.25) is 0 Å². The molecular formula is C23H16Y-2. The van der Waals surface area contributed by atoms with Gasteiger partial charge < -0.3 is 0 Å². The molecule has 24 heavy (non-hydrogen) atoms. The van der Waals surface area contributed by atoms with Gasteiger partial charge in [-0.15, -0.1) is 34.7 Å². The van der Waals surface area contributed by atoms with Gasteiger partial charge in [0.1, 0.15) is 0 Å². The van der Waals surface area contributed by atoms with Gasteiger partial charge in [0.15, 0.2) is 0 Å². The van der Waals surface area contributed by atoms with E-state index in [0.29, 0.717) is 0 Å². The van der Waals surface area contributed by atoms with E-state index in [0.717, 1.165) is 11.1 Å². The van der Waals surface area contributed by atoms with Gasteiger partial charge >= 0.3 is 0 Å². The maximum atomic E-state index is 3.99. The van der Waals surface area contributed by atoms with Gasteiger partial charge in [-0.2, -0.15) is 6.08 Å². The van der Waals surface area contributed by atoms with Crippen molar-refractivity contribution in [1.29, 1.82) is 0 Å². The molecule has 0 aliphatic rings. The smallest absolute Gasteiger partial charge is 0 e. The van der Waals surface area contributed by atoms with Gasteiger partial charge in [-0.25, -0.2) is 6.92 Å². The molecule has 0 heterocycles. The second kappa shape index (κ2) is 7.34. The molecule has 4 rings (SSSR count). The molecule has 0 unspecified atom stereocenters. The van der Waals surface area contributed by atoms with Crippen LogP contribution in [-0.2, 0) is 32.7 Å². The number of rotatable bonds is 2. The number of hydrogen-bond acceptors (Lipinski definition) is 0. The summed E-state index contributed by atoms with van der Waals surface area (Å²) < 4.78 is 0. The van der Waals surface area contributed by atoms with E-state index in [1.807, 2.05) is 24.3 Å². The van der Waals surface area contributed by atoms with Crippen molar-refractivity contribution in [1.82, 2.24) is 0 Å². The summed E-state index contributed by atoms with van der Waals surface area (Å²) in [6.07, 6.45) is 1.91. The van der Waals surface area contributed by atoms with E-state index >= 15 is 0 Å². The summed E-state index contributed by atoms with van der Waals surface area (Å²) in [7, 11) is 0. The van der Waals surface area contributed by atoms with Crippen molar-refractivity contribution in [2.45, 2.75) is 0 Å². The van der Waals surface area contributed by atoms with Crippen LogP contribution in [0.5, 0.6) is 0 Å². The van der Waals surface area contributed by atoms with Gasteiger partial charge in [0.25, 0.3) is 0 Å². The molecule has 0 N–H and O–H groups in total. The number of hydrogen-bond donors (Lipinski definition) is 0. The standard InChI is InChI=1S/C23H16.Y/c1-2-23(17-8-4-3-5-9-17)21-13-12-20-14-18-10-6-7-11-19(18)15-22(20)16-21;/h2-12,14-16H,1H2;/q-2;/b23-2-;. The Morgan fingerprint density at radius 3 is 2.04 bits per heavy atom. The van der Waals surface area contributed by atoms with Gasteiger partial charge in [0, 0.05) is 32.7 Å². The van der Waals surface area contributed by atoms with Gasteiger partial charge in [-0.1, -0.05) is 77.7 Å². The van der Waals surface area contributed by atoms with Crippen molar-refractivity contribution in [3.05, 3.63) is 109 Å². The van der Waals surface area contributed by atoms with Crippen molar-refractivity contribution in [3.63, 3.8) is 0 Å². The van der Waals surface area contributed by atoms with Crippen LogP contribution in [-0.4, -0.2) is 0 Å². The zero-order valence-electron chi connectivity index (χ0n) is 13.4. The van der Waals surface area contributed by atoms with Crippen LogP contribution in [0.1, 0.15) is 11.1 Å².